The third-order valence-electron chi connectivity index (χ3n) is 12.4. The van der Waals surface area contributed by atoms with Crippen molar-refractivity contribution in [1.82, 2.24) is 19.5 Å². The van der Waals surface area contributed by atoms with Crippen LogP contribution < -0.4 is 0 Å². The highest BCUT2D eigenvalue weighted by Gasteiger charge is 2.38. The molecule has 1 aliphatic rings. The Morgan fingerprint density at radius 1 is 0.397 bits per heavy atom. The second kappa shape index (κ2) is 12.3. The van der Waals surface area contributed by atoms with E-state index in [1.165, 1.54) is 71.0 Å². The van der Waals surface area contributed by atoms with E-state index in [0.717, 1.165) is 27.8 Å². The van der Waals surface area contributed by atoms with Crippen LogP contribution in [-0.2, 0) is 5.41 Å². The molecule has 9 aromatic carbocycles. The number of hydrogen-bond acceptors (Lipinski definition) is 3. The maximum Gasteiger partial charge on any atom is 0.164 e. The summed E-state index contributed by atoms with van der Waals surface area (Å²) in [7, 11) is 0. The van der Waals surface area contributed by atoms with Crippen molar-refractivity contribution in [2.75, 3.05) is 0 Å². The SMILES string of the molecule is CC1(C)c2ccccc2-c2ccc3c4ccccc4n(-c4cc(-c5nc(-c6ccccc6)nc(-c6ccccc6)n5)cc5c6ccccc6c6ccccc6c45)c3c21. The molecule has 272 valence electrons. The molecule has 1 aliphatic carbocycles. The summed E-state index contributed by atoms with van der Waals surface area (Å²) in [5.41, 5.74) is 11.4. The van der Waals surface area contributed by atoms with Gasteiger partial charge in [-0.15, -0.1) is 0 Å². The number of nitrogens with zero attached hydrogens (tertiary/aromatic N) is 4. The second-order valence-corrected chi connectivity index (χ2v) is 16.0. The van der Waals surface area contributed by atoms with Gasteiger partial charge in [-0.25, -0.2) is 15.0 Å². The Balaban J connectivity index is 1.27. The standard InChI is InChI=1S/C54H36N4/c1-54(2)45-27-15-13-24-39(45)42-29-30-43-40-25-14-16-28-46(40)58(50(43)49(42)54)47-32-35(31-44-38-23-10-9-21-36(38)37-22-11-12-26-41(37)48(44)47)53-56-51(33-17-5-3-6-18-33)55-52(57-53)34-19-7-4-8-20-34/h3-32H,1-2H3. The van der Waals surface area contributed by atoms with Crippen LogP contribution in [0.1, 0.15) is 25.0 Å². The molecule has 0 atom stereocenters. The van der Waals surface area contributed by atoms with E-state index >= 15 is 0 Å². The quantitative estimate of drug-likeness (QED) is 0.169. The predicted octanol–water partition coefficient (Wildman–Crippen LogP) is 13.7. The number of rotatable bonds is 4. The van der Waals surface area contributed by atoms with Crippen molar-refractivity contribution >= 4 is 54.1 Å². The first-order valence-electron chi connectivity index (χ1n) is 20.0. The third-order valence-corrected chi connectivity index (χ3v) is 12.4. The van der Waals surface area contributed by atoms with E-state index in [1.807, 2.05) is 36.4 Å². The molecule has 0 fully saturated rings. The second-order valence-electron chi connectivity index (χ2n) is 16.0. The summed E-state index contributed by atoms with van der Waals surface area (Å²) in [5.74, 6) is 1.92. The first-order chi connectivity index (χ1) is 28.5. The van der Waals surface area contributed by atoms with Crippen molar-refractivity contribution in [3.63, 3.8) is 0 Å². The summed E-state index contributed by atoms with van der Waals surface area (Å²) in [5, 5.41) is 9.70. The van der Waals surface area contributed by atoms with Crippen molar-refractivity contribution in [2.24, 2.45) is 0 Å². The van der Waals surface area contributed by atoms with Crippen molar-refractivity contribution in [3.8, 4) is 51.0 Å². The van der Waals surface area contributed by atoms with Gasteiger partial charge in [-0.1, -0.05) is 178 Å². The fourth-order valence-corrected chi connectivity index (χ4v) is 9.82. The molecule has 0 saturated carbocycles. The zero-order chi connectivity index (χ0) is 38.5. The van der Waals surface area contributed by atoms with E-state index in [-0.39, 0.29) is 5.41 Å². The Kier molecular flexibility index (Phi) is 6.94. The number of hydrogen-bond donors (Lipinski definition) is 0. The molecule has 4 nitrogen and oxygen atoms in total. The monoisotopic (exact) mass is 740 g/mol. The molecule has 11 aromatic rings. The van der Waals surface area contributed by atoms with Crippen LogP contribution >= 0.6 is 0 Å². The van der Waals surface area contributed by atoms with Crippen LogP contribution in [0.2, 0.25) is 0 Å². The van der Waals surface area contributed by atoms with Gasteiger partial charge in [0.05, 0.1) is 16.7 Å². The van der Waals surface area contributed by atoms with Gasteiger partial charge < -0.3 is 4.57 Å². The Labute approximate surface area is 335 Å². The largest absolute Gasteiger partial charge is 0.308 e. The molecule has 12 rings (SSSR count). The molecule has 0 bridgehead atoms. The predicted molar refractivity (Wildman–Crippen MR) is 241 cm³/mol. The van der Waals surface area contributed by atoms with E-state index in [2.05, 4.69) is 164 Å². The molecular weight excluding hydrogens is 705 g/mol. The average Bonchev–Trinajstić information content (AvgIpc) is 3.74. The minimum Gasteiger partial charge on any atom is -0.308 e. The van der Waals surface area contributed by atoms with Crippen LogP contribution in [0.3, 0.4) is 0 Å². The highest BCUT2D eigenvalue weighted by Crippen LogP contribution is 2.53. The van der Waals surface area contributed by atoms with Gasteiger partial charge in [0, 0.05) is 38.3 Å². The molecule has 2 heterocycles. The van der Waals surface area contributed by atoms with Gasteiger partial charge in [0.15, 0.2) is 17.5 Å². The van der Waals surface area contributed by atoms with E-state index in [9.17, 15) is 0 Å². The lowest BCUT2D eigenvalue weighted by atomic mass is 9.81. The smallest absolute Gasteiger partial charge is 0.164 e. The van der Waals surface area contributed by atoms with E-state index in [1.54, 1.807) is 0 Å². The highest BCUT2D eigenvalue weighted by molar-refractivity contribution is 6.28. The molecule has 58 heavy (non-hydrogen) atoms. The maximum atomic E-state index is 5.27. The summed E-state index contributed by atoms with van der Waals surface area (Å²) in [6.45, 7) is 4.77. The Hall–Kier alpha value is -7.43. The summed E-state index contributed by atoms with van der Waals surface area (Å²) in [6, 6.07) is 65.3. The van der Waals surface area contributed by atoms with Crippen molar-refractivity contribution in [1.29, 1.82) is 0 Å². The lowest BCUT2D eigenvalue weighted by molar-refractivity contribution is 0.664. The van der Waals surface area contributed by atoms with E-state index in [4.69, 9.17) is 15.0 Å². The topological polar surface area (TPSA) is 43.6 Å². The first-order valence-corrected chi connectivity index (χ1v) is 20.0. The molecule has 0 radical (unpaired) electrons. The fraction of sp³-hybridized carbons (Fsp3) is 0.0556. The van der Waals surface area contributed by atoms with Crippen molar-refractivity contribution in [3.05, 3.63) is 193 Å². The number of benzene rings is 9. The van der Waals surface area contributed by atoms with Gasteiger partial charge in [0.25, 0.3) is 0 Å². The van der Waals surface area contributed by atoms with Gasteiger partial charge in [-0.2, -0.15) is 0 Å². The van der Waals surface area contributed by atoms with Gasteiger partial charge in [0.1, 0.15) is 0 Å². The fourth-order valence-electron chi connectivity index (χ4n) is 9.82. The zero-order valence-electron chi connectivity index (χ0n) is 32.1. The highest BCUT2D eigenvalue weighted by atomic mass is 15.0. The molecular formula is C54H36N4. The van der Waals surface area contributed by atoms with E-state index < -0.39 is 0 Å². The van der Waals surface area contributed by atoms with Crippen LogP contribution in [0.25, 0.3) is 105 Å². The molecule has 0 amide bonds. The summed E-state index contributed by atoms with van der Waals surface area (Å²) in [4.78, 5) is 15.6. The van der Waals surface area contributed by atoms with Crippen LogP contribution in [0.15, 0.2) is 182 Å². The van der Waals surface area contributed by atoms with Gasteiger partial charge in [-0.3, -0.25) is 0 Å². The third kappa shape index (κ3) is 4.66. The van der Waals surface area contributed by atoms with Gasteiger partial charge >= 0.3 is 0 Å². The van der Waals surface area contributed by atoms with Gasteiger partial charge in [0.2, 0.25) is 0 Å². The average molecular weight is 741 g/mol. The van der Waals surface area contributed by atoms with Crippen molar-refractivity contribution in [2.45, 2.75) is 19.3 Å². The summed E-state index contributed by atoms with van der Waals surface area (Å²) >= 11 is 0. The summed E-state index contributed by atoms with van der Waals surface area (Å²) in [6.07, 6.45) is 0. The molecule has 0 saturated heterocycles. The molecule has 0 unspecified atom stereocenters. The minimum absolute atomic E-state index is 0.233. The normalized spacial score (nSPS) is 13.1. The molecule has 4 heteroatoms. The molecule has 0 N–H and O–H groups in total. The maximum absolute atomic E-state index is 5.27. The van der Waals surface area contributed by atoms with E-state index in [0.29, 0.717) is 17.5 Å². The summed E-state index contributed by atoms with van der Waals surface area (Å²) < 4.78 is 2.56. The number of aromatic nitrogens is 4. The Bertz CT molecular complexity index is 3410. The first kappa shape index (κ1) is 32.8. The van der Waals surface area contributed by atoms with Crippen LogP contribution in [0.4, 0.5) is 0 Å². The van der Waals surface area contributed by atoms with Crippen molar-refractivity contribution < 1.29 is 0 Å². The minimum atomic E-state index is -0.233. The molecule has 2 aromatic heterocycles. The number of para-hydroxylation sites is 1. The van der Waals surface area contributed by atoms with Crippen LogP contribution in [0.5, 0.6) is 0 Å². The van der Waals surface area contributed by atoms with Crippen LogP contribution in [0, 0.1) is 0 Å². The number of fused-ring (bicyclic) bond motifs is 13. The van der Waals surface area contributed by atoms with Gasteiger partial charge in [-0.05, 0) is 67.4 Å². The van der Waals surface area contributed by atoms with Crippen LogP contribution in [-0.4, -0.2) is 19.5 Å². The Morgan fingerprint density at radius 3 is 1.59 bits per heavy atom. The lowest BCUT2D eigenvalue weighted by Crippen LogP contribution is -2.16. The Morgan fingerprint density at radius 2 is 0.914 bits per heavy atom. The lowest BCUT2D eigenvalue weighted by Gasteiger charge is -2.24. The zero-order valence-corrected chi connectivity index (χ0v) is 32.1. The molecule has 0 spiro atoms. The molecule has 0 aliphatic heterocycles.